The molecule has 1 aromatic carbocycles. The predicted molar refractivity (Wildman–Crippen MR) is 96.6 cm³/mol. The summed E-state index contributed by atoms with van der Waals surface area (Å²) in [7, 11) is 1.66. The zero-order valence-corrected chi connectivity index (χ0v) is 14.7. The van der Waals surface area contributed by atoms with Gasteiger partial charge in [-0.2, -0.15) is 0 Å². The summed E-state index contributed by atoms with van der Waals surface area (Å²) < 4.78 is 5.15. The van der Waals surface area contributed by atoms with Crippen LogP contribution in [-0.4, -0.2) is 30.1 Å². The molecule has 0 aliphatic heterocycles. The number of benzene rings is 1. The standard InChI is InChI=1S/C19H25N3O2/c1-19(2,3)22-18(23)15-10-12-21-17(13-15)20-11-9-14-5-7-16(24-4)8-6-14/h5-8,10,12-13H,9,11H2,1-4H3,(H,20,21)(H,22,23). The summed E-state index contributed by atoms with van der Waals surface area (Å²) in [5.74, 6) is 1.46. The number of hydrogen-bond donors (Lipinski definition) is 2. The molecule has 2 N–H and O–H groups in total. The molecule has 24 heavy (non-hydrogen) atoms. The molecule has 1 heterocycles. The van der Waals surface area contributed by atoms with E-state index in [-0.39, 0.29) is 11.4 Å². The number of rotatable bonds is 6. The molecule has 0 aliphatic rings. The molecule has 0 fully saturated rings. The Balaban J connectivity index is 1.90. The van der Waals surface area contributed by atoms with Crippen LogP contribution in [0.2, 0.25) is 0 Å². The molecule has 5 heteroatoms. The van der Waals surface area contributed by atoms with Gasteiger partial charge in [0.05, 0.1) is 7.11 Å². The van der Waals surface area contributed by atoms with Gasteiger partial charge in [-0.25, -0.2) is 4.98 Å². The van der Waals surface area contributed by atoms with Gasteiger partial charge in [-0.15, -0.1) is 0 Å². The zero-order chi connectivity index (χ0) is 17.6. The van der Waals surface area contributed by atoms with E-state index >= 15 is 0 Å². The van der Waals surface area contributed by atoms with E-state index in [1.165, 1.54) is 5.56 Å². The lowest BCUT2D eigenvalue weighted by atomic mass is 10.1. The topological polar surface area (TPSA) is 63.2 Å². The highest BCUT2D eigenvalue weighted by atomic mass is 16.5. The van der Waals surface area contributed by atoms with Crippen molar-refractivity contribution < 1.29 is 9.53 Å². The third-order valence-corrected chi connectivity index (χ3v) is 3.39. The van der Waals surface area contributed by atoms with E-state index in [1.807, 2.05) is 45.0 Å². The van der Waals surface area contributed by atoms with Gasteiger partial charge >= 0.3 is 0 Å². The number of ether oxygens (including phenoxy) is 1. The van der Waals surface area contributed by atoms with Crippen molar-refractivity contribution in [3.8, 4) is 5.75 Å². The number of hydrogen-bond acceptors (Lipinski definition) is 4. The summed E-state index contributed by atoms with van der Waals surface area (Å²) in [4.78, 5) is 16.5. The molecule has 1 aromatic heterocycles. The summed E-state index contributed by atoms with van der Waals surface area (Å²) in [6, 6.07) is 11.5. The van der Waals surface area contributed by atoms with Gasteiger partial charge in [0.1, 0.15) is 11.6 Å². The lowest BCUT2D eigenvalue weighted by molar-refractivity contribution is 0.0919. The first-order valence-electron chi connectivity index (χ1n) is 8.03. The van der Waals surface area contributed by atoms with Gasteiger partial charge < -0.3 is 15.4 Å². The Labute approximate surface area is 143 Å². The van der Waals surface area contributed by atoms with Gasteiger partial charge in [0.2, 0.25) is 0 Å². The molecule has 0 spiro atoms. The molecule has 0 unspecified atom stereocenters. The Morgan fingerprint density at radius 3 is 2.50 bits per heavy atom. The molecular weight excluding hydrogens is 302 g/mol. The number of aromatic nitrogens is 1. The SMILES string of the molecule is COc1ccc(CCNc2cc(C(=O)NC(C)(C)C)ccn2)cc1. The maximum atomic E-state index is 12.2. The number of methoxy groups -OCH3 is 1. The van der Waals surface area contributed by atoms with E-state index in [1.54, 1.807) is 25.4 Å². The summed E-state index contributed by atoms with van der Waals surface area (Å²) in [6.45, 7) is 6.62. The van der Waals surface area contributed by atoms with Gasteiger partial charge in [-0.1, -0.05) is 12.1 Å². The van der Waals surface area contributed by atoms with Gasteiger partial charge in [0, 0.05) is 23.8 Å². The van der Waals surface area contributed by atoms with Crippen LogP contribution in [-0.2, 0) is 6.42 Å². The third kappa shape index (κ3) is 5.57. The quantitative estimate of drug-likeness (QED) is 0.855. The minimum Gasteiger partial charge on any atom is -0.497 e. The summed E-state index contributed by atoms with van der Waals surface area (Å²) >= 11 is 0. The second-order valence-electron chi connectivity index (χ2n) is 6.66. The Morgan fingerprint density at radius 1 is 1.17 bits per heavy atom. The van der Waals surface area contributed by atoms with E-state index in [0.29, 0.717) is 11.4 Å². The largest absolute Gasteiger partial charge is 0.497 e. The summed E-state index contributed by atoms with van der Waals surface area (Å²) in [5.41, 5.74) is 1.55. The number of anilines is 1. The Hall–Kier alpha value is -2.56. The van der Waals surface area contributed by atoms with Crippen LogP contribution in [0.15, 0.2) is 42.6 Å². The van der Waals surface area contributed by atoms with Crippen LogP contribution in [0, 0.1) is 0 Å². The lowest BCUT2D eigenvalue weighted by Crippen LogP contribution is -2.40. The molecule has 0 radical (unpaired) electrons. The van der Waals surface area contributed by atoms with Crippen molar-refractivity contribution >= 4 is 11.7 Å². The van der Waals surface area contributed by atoms with Crippen molar-refractivity contribution in [1.29, 1.82) is 0 Å². The van der Waals surface area contributed by atoms with Crippen LogP contribution in [0.3, 0.4) is 0 Å². The molecule has 0 saturated carbocycles. The highest BCUT2D eigenvalue weighted by molar-refractivity contribution is 5.95. The van der Waals surface area contributed by atoms with Gasteiger partial charge in [0.25, 0.3) is 5.91 Å². The molecule has 128 valence electrons. The van der Waals surface area contributed by atoms with Crippen LogP contribution in [0.1, 0.15) is 36.7 Å². The maximum absolute atomic E-state index is 12.2. The number of carbonyl (C=O) groups excluding carboxylic acids is 1. The molecule has 2 aromatic rings. The van der Waals surface area contributed by atoms with Crippen molar-refractivity contribution in [1.82, 2.24) is 10.3 Å². The minimum absolute atomic E-state index is 0.0943. The molecule has 0 atom stereocenters. The molecule has 0 bridgehead atoms. The van der Waals surface area contributed by atoms with Crippen LogP contribution in [0.25, 0.3) is 0 Å². The van der Waals surface area contributed by atoms with Crippen LogP contribution < -0.4 is 15.4 Å². The molecule has 0 saturated heterocycles. The van der Waals surface area contributed by atoms with Crippen LogP contribution in [0.5, 0.6) is 5.75 Å². The van der Waals surface area contributed by atoms with Gasteiger partial charge in [0.15, 0.2) is 0 Å². The Morgan fingerprint density at radius 2 is 1.88 bits per heavy atom. The molecular formula is C19H25N3O2. The smallest absolute Gasteiger partial charge is 0.251 e. The highest BCUT2D eigenvalue weighted by Crippen LogP contribution is 2.13. The lowest BCUT2D eigenvalue weighted by Gasteiger charge is -2.20. The molecule has 5 nitrogen and oxygen atoms in total. The van der Waals surface area contributed by atoms with E-state index < -0.39 is 0 Å². The fourth-order valence-corrected chi connectivity index (χ4v) is 2.21. The predicted octanol–water partition coefficient (Wildman–Crippen LogP) is 3.27. The van der Waals surface area contributed by atoms with Crippen LogP contribution >= 0.6 is 0 Å². The molecule has 2 rings (SSSR count). The number of amides is 1. The minimum atomic E-state index is -0.262. The van der Waals surface area contributed by atoms with Crippen molar-refractivity contribution in [3.05, 3.63) is 53.7 Å². The van der Waals surface area contributed by atoms with Gasteiger partial charge in [-0.3, -0.25) is 4.79 Å². The van der Waals surface area contributed by atoms with Crippen molar-refractivity contribution in [2.75, 3.05) is 19.0 Å². The first-order chi connectivity index (χ1) is 11.4. The number of pyridine rings is 1. The Kier molecular flexibility index (Phi) is 5.79. The first-order valence-corrected chi connectivity index (χ1v) is 8.03. The Bertz CT molecular complexity index is 676. The van der Waals surface area contributed by atoms with Crippen molar-refractivity contribution in [2.24, 2.45) is 0 Å². The average Bonchev–Trinajstić information content (AvgIpc) is 2.54. The second-order valence-corrected chi connectivity index (χ2v) is 6.66. The fourth-order valence-electron chi connectivity index (χ4n) is 2.21. The van der Waals surface area contributed by atoms with Crippen molar-refractivity contribution in [2.45, 2.75) is 32.7 Å². The fraction of sp³-hybridized carbons (Fsp3) is 0.368. The average molecular weight is 327 g/mol. The molecule has 0 aliphatic carbocycles. The van der Waals surface area contributed by atoms with E-state index in [4.69, 9.17) is 4.74 Å². The van der Waals surface area contributed by atoms with Gasteiger partial charge in [-0.05, 0) is 57.0 Å². The first kappa shape index (κ1) is 17.8. The number of nitrogens with zero attached hydrogens (tertiary/aromatic N) is 1. The summed E-state index contributed by atoms with van der Waals surface area (Å²) in [6.07, 6.45) is 2.51. The normalized spacial score (nSPS) is 11.0. The monoisotopic (exact) mass is 327 g/mol. The summed E-state index contributed by atoms with van der Waals surface area (Å²) in [5, 5.41) is 6.21. The van der Waals surface area contributed by atoms with E-state index in [0.717, 1.165) is 18.7 Å². The third-order valence-electron chi connectivity index (χ3n) is 3.39. The highest BCUT2D eigenvalue weighted by Gasteiger charge is 2.15. The number of carbonyl (C=O) groups is 1. The number of nitrogens with one attached hydrogen (secondary N) is 2. The maximum Gasteiger partial charge on any atom is 0.251 e. The molecule has 1 amide bonds. The van der Waals surface area contributed by atoms with E-state index in [2.05, 4.69) is 15.6 Å². The van der Waals surface area contributed by atoms with Crippen LogP contribution in [0.4, 0.5) is 5.82 Å². The zero-order valence-electron chi connectivity index (χ0n) is 14.7. The second kappa shape index (κ2) is 7.81. The van der Waals surface area contributed by atoms with Crippen molar-refractivity contribution in [3.63, 3.8) is 0 Å². The van der Waals surface area contributed by atoms with E-state index in [9.17, 15) is 4.79 Å².